The zero-order valence-electron chi connectivity index (χ0n) is 12.6. The number of nitrogens with zero attached hydrogens (tertiary/aromatic N) is 3. The molecule has 1 fully saturated rings. The Kier molecular flexibility index (Phi) is 35.7. The summed E-state index contributed by atoms with van der Waals surface area (Å²) in [5, 5.41) is 12.1. The van der Waals surface area contributed by atoms with Gasteiger partial charge in [0.2, 0.25) is 0 Å². The molecule has 0 bridgehead atoms. The van der Waals surface area contributed by atoms with Crippen LogP contribution in [0.5, 0.6) is 0 Å². The number of rotatable bonds is 3. The van der Waals surface area contributed by atoms with Gasteiger partial charge < -0.3 is 23.4 Å². The van der Waals surface area contributed by atoms with E-state index in [1.165, 1.54) is 19.3 Å². The van der Waals surface area contributed by atoms with Crippen molar-refractivity contribution in [1.82, 2.24) is 0 Å². The summed E-state index contributed by atoms with van der Waals surface area (Å²) in [7, 11) is 8.85. The van der Waals surface area contributed by atoms with E-state index in [4.69, 9.17) is 11.6 Å². The normalized spacial score (nSPS) is 20.3. The fourth-order valence-electron chi connectivity index (χ4n) is 1.24. The van der Waals surface area contributed by atoms with E-state index in [0.717, 1.165) is 5.88 Å². The molecule has 0 radical (unpaired) electrons. The third kappa shape index (κ3) is 19.6. The number of hydrogen-bond acceptors (Lipinski definition) is 1. The van der Waals surface area contributed by atoms with Crippen LogP contribution in [0.4, 0.5) is 0 Å². The van der Waals surface area contributed by atoms with E-state index in [2.05, 4.69) is 16.0 Å². The number of alkyl halides is 1. The van der Waals surface area contributed by atoms with Crippen LogP contribution in [0.25, 0.3) is 16.0 Å². The first-order valence-electron chi connectivity index (χ1n) is 5.44. The van der Waals surface area contributed by atoms with E-state index >= 15 is 0 Å². The molecule has 1 aliphatic carbocycles. The van der Waals surface area contributed by atoms with Gasteiger partial charge in [-0.3, -0.25) is 0 Å². The molecule has 1 saturated carbocycles. The van der Waals surface area contributed by atoms with Gasteiger partial charge in [-0.1, -0.05) is 6.42 Å². The molecule has 3 nitrogen and oxygen atoms in total. The Morgan fingerprint density at radius 1 is 1.06 bits per heavy atom. The van der Waals surface area contributed by atoms with Crippen LogP contribution in [0, 0.1) is 7.43 Å². The molecule has 6 heteroatoms. The SMILES string of the molecule is C[N-]C.C[N-]C.C[N-]CSC1CCCC1Cl.[CH3-].[Ti+4]. The van der Waals surface area contributed by atoms with Crippen molar-refractivity contribution >= 4 is 23.4 Å². The molecular weight excluding hydrogens is 302 g/mol. The van der Waals surface area contributed by atoms with E-state index in [1.807, 2.05) is 18.8 Å². The summed E-state index contributed by atoms with van der Waals surface area (Å²) in [5.74, 6) is 0.911. The summed E-state index contributed by atoms with van der Waals surface area (Å²) in [6.45, 7) is 0. The van der Waals surface area contributed by atoms with E-state index in [0.29, 0.717) is 10.6 Å². The molecule has 0 heterocycles. The zero-order valence-corrected chi connectivity index (χ0v) is 15.7. The van der Waals surface area contributed by atoms with Crippen LogP contribution < -0.4 is 0 Å². The molecule has 2 atom stereocenters. The van der Waals surface area contributed by atoms with E-state index in [-0.39, 0.29) is 29.1 Å². The van der Waals surface area contributed by atoms with Crippen LogP contribution in [-0.4, -0.2) is 51.7 Å². The van der Waals surface area contributed by atoms with Gasteiger partial charge in [0.05, 0.1) is 0 Å². The third-order valence-corrected chi connectivity index (χ3v) is 3.86. The number of halogens is 1. The molecule has 1 aliphatic rings. The molecule has 2 unspecified atom stereocenters. The minimum absolute atomic E-state index is 0. The van der Waals surface area contributed by atoms with Crippen LogP contribution in [0.15, 0.2) is 0 Å². The van der Waals surface area contributed by atoms with Gasteiger partial charge >= 0.3 is 21.7 Å². The van der Waals surface area contributed by atoms with Gasteiger partial charge in [-0.15, -0.1) is 17.5 Å². The standard InChI is InChI=1S/C7H13ClNS.2C2H6N.CH3.Ti/c1-9-5-10-7-4-2-3-6(7)8;2*1-3-2;;/h6-7H,2-5H2,1H3;2*1-2H3;1H3;/q4*-1;+4. The number of hydrogen-bond donors (Lipinski definition) is 0. The molecule has 0 aromatic heterocycles. The molecule has 0 aromatic rings. The van der Waals surface area contributed by atoms with Crippen LogP contribution in [-0.2, 0) is 21.7 Å². The fourth-order valence-corrected chi connectivity index (χ4v) is 2.76. The van der Waals surface area contributed by atoms with E-state index in [9.17, 15) is 0 Å². The van der Waals surface area contributed by atoms with Crippen molar-refractivity contribution < 1.29 is 21.7 Å². The second-order valence-electron chi connectivity index (χ2n) is 3.49. The molecule has 0 aromatic carbocycles. The Labute approximate surface area is 139 Å². The van der Waals surface area contributed by atoms with Crippen molar-refractivity contribution in [3.63, 3.8) is 0 Å². The Hall–Kier alpha value is 1.23. The zero-order chi connectivity index (χ0) is 12.8. The largest absolute Gasteiger partial charge is 4.00 e. The summed E-state index contributed by atoms with van der Waals surface area (Å²) in [6.07, 6.45) is 3.78. The smallest absolute Gasteiger partial charge is 0.668 e. The molecule has 0 spiro atoms. The quantitative estimate of drug-likeness (QED) is 0.426. The van der Waals surface area contributed by atoms with Gasteiger partial charge in [-0.25, -0.2) is 0 Å². The maximum atomic E-state index is 6.05. The molecule has 0 amide bonds. The summed E-state index contributed by atoms with van der Waals surface area (Å²) in [5.41, 5.74) is 0. The van der Waals surface area contributed by atoms with Crippen molar-refractivity contribution in [3.8, 4) is 0 Å². The summed E-state index contributed by atoms with van der Waals surface area (Å²) in [4.78, 5) is 0. The Morgan fingerprint density at radius 2 is 1.50 bits per heavy atom. The van der Waals surface area contributed by atoms with Gasteiger partial charge in [0.25, 0.3) is 0 Å². The van der Waals surface area contributed by atoms with Crippen molar-refractivity contribution in [1.29, 1.82) is 0 Å². The van der Waals surface area contributed by atoms with E-state index < -0.39 is 0 Å². The van der Waals surface area contributed by atoms with Gasteiger partial charge in [0.1, 0.15) is 0 Å². The first-order valence-corrected chi connectivity index (χ1v) is 6.93. The average molecular weight is 330 g/mol. The van der Waals surface area contributed by atoms with E-state index in [1.54, 1.807) is 28.2 Å². The maximum Gasteiger partial charge on any atom is 4.00 e. The predicted octanol–water partition coefficient (Wildman–Crippen LogP) is 4.53. The fraction of sp³-hybridized carbons (Fsp3) is 0.917. The average Bonchev–Trinajstić information content (AvgIpc) is 2.63. The van der Waals surface area contributed by atoms with Gasteiger partial charge in [-0.05, 0) is 12.8 Å². The number of thioether (sulfide) groups is 1. The minimum atomic E-state index is 0. The van der Waals surface area contributed by atoms with Gasteiger partial charge in [-0.2, -0.15) is 47.0 Å². The molecule has 108 valence electrons. The van der Waals surface area contributed by atoms with Gasteiger partial charge in [0, 0.05) is 10.6 Å². The second-order valence-corrected chi connectivity index (χ2v) is 5.25. The summed E-state index contributed by atoms with van der Waals surface area (Å²) in [6, 6.07) is 0. The molecule has 1 rings (SSSR count). The topological polar surface area (TPSA) is 42.3 Å². The predicted molar refractivity (Wildman–Crippen MR) is 85.8 cm³/mol. The van der Waals surface area contributed by atoms with Crippen molar-refractivity contribution in [2.75, 3.05) is 41.1 Å². The monoisotopic (exact) mass is 329 g/mol. The molecule has 0 saturated heterocycles. The van der Waals surface area contributed by atoms with Crippen LogP contribution in [0.1, 0.15) is 19.3 Å². The summed E-state index contributed by atoms with van der Waals surface area (Å²) >= 11 is 7.94. The van der Waals surface area contributed by atoms with Gasteiger partial charge in [0.15, 0.2) is 0 Å². The van der Waals surface area contributed by atoms with Crippen molar-refractivity contribution in [2.45, 2.75) is 29.9 Å². The van der Waals surface area contributed by atoms with Crippen LogP contribution >= 0.6 is 23.4 Å². The maximum absolute atomic E-state index is 6.05. The van der Waals surface area contributed by atoms with Crippen molar-refractivity contribution in [3.05, 3.63) is 23.4 Å². The van der Waals surface area contributed by atoms with Crippen molar-refractivity contribution in [2.24, 2.45) is 0 Å². The minimum Gasteiger partial charge on any atom is -0.668 e. The first kappa shape index (κ1) is 27.6. The Balaban J connectivity index is -0.000000106. The second kappa shape index (κ2) is 23.3. The Morgan fingerprint density at radius 3 is 1.78 bits per heavy atom. The van der Waals surface area contributed by atoms with Crippen LogP contribution in [0.3, 0.4) is 0 Å². The van der Waals surface area contributed by atoms with Crippen LogP contribution in [0.2, 0.25) is 0 Å². The third-order valence-electron chi connectivity index (χ3n) is 1.79. The molecule has 0 N–H and O–H groups in total. The Bertz CT molecular complexity index is 132. The molecule has 18 heavy (non-hydrogen) atoms. The molecule has 0 aliphatic heterocycles. The summed E-state index contributed by atoms with van der Waals surface area (Å²) < 4.78 is 0. The molecular formula is C12H28ClN3STi. The first-order chi connectivity index (χ1) is 7.67.